The summed E-state index contributed by atoms with van der Waals surface area (Å²) in [4.78, 5) is 34.4. The maximum Gasteiger partial charge on any atom is 0.341 e. The minimum atomic E-state index is -1.08. The van der Waals surface area contributed by atoms with Crippen LogP contribution in [-0.2, 0) is 14.4 Å². The number of carbonyl (C=O) groups is 3. The standard InChI is InChI=1S/C13H13NO6/c15-11-5-8(13(18)19)6-14(11)9-1-3-10(4-2-9)20-7-12(16)17/h1-4,8H,5-7H2,(H,16,17)(H,18,19). The van der Waals surface area contributed by atoms with Crippen LogP contribution in [0, 0.1) is 5.92 Å². The van der Waals surface area contributed by atoms with E-state index in [1.165, 1.54) is 4.90 Å². The molecule has 7 nitrogen and oxygen atoms in total. The van der Waals surface area contributed by atoms with Crippen LogP contribution in [0.1, 0.15) is 6.42 Å². The third-order valence-corrected chi connectivity index (χ3v) is 2.98. The van der Waals surface area contributed by atoms with Crippen molar-refractivity contribution in [1.29, 1.82) is 0 Å². The number of hydrogen-bond donors (Lipinski definition) is 2. The smallest absolute Gasteiger partial charge is 0.341 e. The molecule has 2 N–H and O–H groups in total. The lowest BCUT2D eigenvalue weighted by Crippen LogP contribution is -2.25. The Morgan fingerprint density at radius 2 is 1.90 bits per heavy atom. The molecule has 1 aromatic rings. The summed E-state index contributed by atoms with van der Waals surface area (Å²) in [6, 6.07) is 6.28. The third-order valence-electron chi connectivity index (χ3n) is 2.98. The summed E-state index contributed by atoms with van der Waals surface area (Å²) < 4.78 is 4.97. The second-order valence-electron chi connectivity index (χ2n) is 4.42. The van der Waals surface area contributed by atoms with Gasteiger partial charge in [-0.05, 0) is 24.3 Å². The van der Waals surface area contributed by atoms with Crippen LogP contribution in [0.3, 0.4) is 0 Å². The number of carboxylic acids is 2. The normalized spacial score (nSPS) is 18.1. The lowest BCUT2D eigenvalue weighted by molar-refractivity contribution is -0.141. The molecule has 1 aliphatic heterocycles. The molecule has 0 bridgehead atoms. The number of hydrogen-bond acceptors (Lipinski definition) is 4. The second-order valence-corrected chi connectivity index (χ2v) is 4.42. The molecule has 1 aliphatic rings. The van der Waals surface area contributed by atoms with Gasteiger partial charge in [0, 0.05) is 18.7 Å². The first-order valence-corrected chi connectivity index (χ1v) is 5.95. The van der Waals surface area contributed by atoms with Gasteiger partial charge in [0.2, 0.25) is 5.91 Å². The fraction of sp³-hybridized carbons (Fsp3) is 0.308. The molecule has 1 amide bonds. The molecule has 2 rings (SSSR count). The van der Waals surface area contributed by atoms with Crippen LogP contribution in [0.25, 0.3) is 0 Å². The van der Waals surface area contributed by atoms with Gasteiger partial charge in [0.15, 0.2) is 6.61 Å². The molecule has 7 heteroatoms. The zero-order valence-corrected chi connectivity index (χ0v) is 10.5. The minimum absolute atomic E-state index is 0.00734. The highest BCUT2D eigenvalue weighted by Gasteiger charge is 2.34. The maximum absolute atomic E-state index is 11.7. The van der Waals surface area contributed by atoms with E-state index in [9.17, 15) is 14.4 Å². The Balaban J connectivity index is 2.05. The second kappa shape index (κ2) is 5.60. The van der Waals surface area contributed by atoms with Crippen LogP contribution >= 0.6 is 0 Å². The van der Waals surface area contributed by atoms with Gasteiger partial charge in [-0.25, -0.2) is 4.79 Å². The molecule has 106 valence electrons. The van der Waals surface area contributed by atoms with Crippen molar-refractivity contribution in [1.82, 2.24) is 0 Å². The summed E-state index contributed by atoms with van der Waals surface area (Å²) in [5.41, 5.74) is 0.571. The van der Waals surface area contributed by atoms with Gasteiger partial charge in [0.25, 0.3) is 0 Å². The van der Waals surface area contributed by atoms with Crippen LogP contribution in [0.15, 0.2) is 24.3 Å². The Labute approximate surface area is 114 Å². The van der Waals surface area contributed by atoms with Gasteiger partial charge in [-0.2, -0.15) is 0 Å². The van der Waals surface area contributed by atoms with Gasteiger partial charge >= 0.3 is 11.9 Å². The predicted molar refractivity (Wildman–Crippen MR) is 67.7 cm³/mol. The van der Waals surface area contributed by atoms with Crippen LogP contribution in [-0.4, -0.2) is 41.2 Å². The number of carboxylic acid groups (broad SMARTS) is 2. The molecule has 0 spiro atoms. The Morgan fingerprint density at radius 3 is 2.40 bits per heavy atom. The highest BCUT2D eigenvalue weighted by molar-refractivity contribution is 5.99. The number of anilines is 1. The number of amides is 1. The van der Waals surface area contributed by atoms with E-state index in [4.69, 9.17) is 14.9 Å². The highest BCUT2D eigenvalue weighted by Crippen LogP contribution is 2.26. The topological polar surface area (TPSA) is 104 Å². The Hall–Kier alpha value is -2.57. The molecule has 1 saturated heterocycles. The van der Waals surface area contributed by atoms with E-state index >= 15 is 0 Å². The molecular formula is C13H13NO6. The van der Waals surface area contributed by atoms with E-state index in [-0.39, 0.29) is 18.9 Å². The van der Waals surface area contributed by atoms with Crippen molar-refractivity contribution < 1.29 is 29.3 Å². The SMILES string of the molecule is O=C(O)COc1ccc(N2CC(C(=O)O)CC2=O)cc1. The van der Waals surface area contributed by atoms with E-state index in [0.717, 1.165) is 0 Å². The lowest BCUT2D eigenvalue weighted by atomic mass is 10.1. The molecule has 20 heavy (non-hydrogen) atoms. The van der Waals surface area contributed by atoms with E-state index in [0.29, 0.717) is 11.4 Å². The molecule has 0 radical (unpaired) electrons. The summed E-state index contributed by atoms with van der Waals surface area (Å²) in [5.74, 6) is -2.62. The quantitative estimate of drug-likeness (QED) is 0.817. The van der Waals surface area contributed by atoms with Crippen molar-refractivity contribution in [2.75, 3.05) is 18.1 Å². The van der Waals surface area contributed by atoms with Crippen molar-refractivity contribution >= 4 is 23.5 Å². The number of rotatable bonds is 5. The summed E-state index contributed by atoms with van der Waals surface area (Å²) in [7, 11) is 0. The van der Waals surface area contributed by atoms with Crippen molar-refractivity contribution in [3.8, 4) is 5.75 Å². The molecule has 1 unspecified atom stereocenters. The van der Waals surface area contributed by atoms with Crippen molar-refractivity contribution in [3.63, 3.8) is 0 Å². The van der Waals surface area contributed by atoms with Crippen LogP contribution in [0.4, 0.5) is 5.69 Å². The molecule has 1 heterocycles. The number of carbonyl (C=O) groups excluding carboxylic acids is 1. The largest absolute Gasteiger partial charge is 0.482 e. The molecule has 0 aliphatic carbocycles. The minimum Gasteiger partial charge on any atom is -0.482 e. The van der Waals surface area contributed by atoms with Crippen LogP contribution in [0.5, 0.6) is 5.75 Å². The Kier molecular flexibility index (Phi) is 3.88. The Bertz CT molecular complexity index is 538. The van der Waals surface area contributed by atoms with E-state index in [1.54, 1.807) is 24.3 Å². The summed E-state index contributed by atoms with van der Waals surface area (Å²) >= 11 is 0. The molecule has 1 atom stereocenters. The lowest BCUT2D eigenvalue weighted by Gasteiger charge is -2.16. The molecule has 0 saturated carbocycles. The van der Waals surface area contributed by atoms with Gasteiger partial charge in [-0.1, -0.05) is 0 Å². The first-order valence-electron chi connectivity index (χ1n) is 5.95. The van der Waals surface area contributed by atoms with Crippen molar-refractivity contribution in [3.05, 3.63) is 24.3 Å². The third kappa shape index (κ3) is 3.05. The van der Waals surface area contributed by atoms with Gasteiger partial charge < -0.3 is 19.8 Å². The fourth-order valence-corrected chi connectivity index (χ4v) is 1.99. The zero-order chi connectivity index (χ0) is 14.7. The number of ether oxygens (including phenoxy) is 1. The summed E-state index contributed by atoms with van der Waals surface area (Å²) in [6.45, 7) is -0.299. The summed E-state index contributed by atoms with van der Waals surface area (Å²) in [5, 5.41) is 17.4. The molecular weight excluding hydrogens is 266 g/mol. The fourth-order valence-electron chi connectivity index (χ4n) is 1.99. The first-order chi connectivity index (χ1) is 9.47. The number of benzene rings is 1. The zero-order valence-electron chi connectivity index (χ0n) is 10.5. The van der Waals surface area contributed by atoms with Crippen LogP contribution in [0.2, 0.25) is 0 Å². The van der Waals surface area contributed by atoms with Gasteiger partial charge in [0.1, 0.15) is 5.75 Å². The first kappa shape index (κ1) is 13.9. The van der Waals surface area contributed by atoms with Crippen molar-refractivity contribution in [2.45, 2.75) is 6.42 Å². The summed E-state index contributed by atoms with van der Waals surface area (Å²) in [6.07, 6.45) is -0.00734. The van der Waals surface area contributed by atoms with E-state index in [2.05, 4.69) is 0 Å². The monoisotopic (exact) mass is 279 g/mol. The average molecular weight is 279 g/mol. The van der Waals surface area contributed by atoms with Gasteiger partial charge in [-0.15, -0.1) is 0 Å². The number of nitrogens with zero attached hydrogens (tertiary/aromatic N) is 1. The highest BCUT2D eigenvalue weighted by atomic mass is 16.5. The average Bonchev–Trinajstić information content (AvgIpc) is 2.79. The maximum atomic E-state index is 11.7. The predicted octanol–water partition coefficient (Wildman–Crippen LogP) is 0.587. The van der Waals surface area contributed by atoms with Crippen LogP contribution < -0.4 is 9.64 Å². The van der Waals surface area contributed by atoms with E-state index in [1.807, 2.05) is 0 Å². The van der Waals surface area contributed by atoms with Gasteiger partial charge in [0.05, 0.1) is 5.92 Å². The molecule has 1 fully saturated rings. The molecule has 0 aromatic heterocycles. The van der Waals surface area contributed by atoms with Gasteiger partial charge in [-0.3, -0.25) is 9.59 Å². The van der Waals surface area contributed by atoms with Crippen molar-refractivity contribution in [2.24, 2.45) is 5.92 Å². The van der Waals surface area contributed by atoms with E-state index < -0.39 is 24.5 Å². The molecule has 1 aromatic carbocycles. The number of aliphatic carboxylic acids is 2. The Morgan fingerprint density at radius 1 is 1.25 bits per heavy atom.